The molecule has 0 atom stereocenters. The van der Waals surface area contributed by atoms with Gasteiger partial charge in [0.2, 0.25) is 0 Å². The van der Waals surface area contributed by atoms with Crippen LogP contribution in [0.3, 0.4) is 0 Å². The van der Waals surface area contributed by atoms with E-state index in [0.29, 0.717) is 39.3 Å². The third kappa shape index (κ3) is 4.46. The second kappa shape index (κ2) is 9.23. The van der Waals surface area contributed by atoms with E-state index in [1.807, 2.05) is 43.3 Å². The molecule has 152 valence electrons. The van der Waals surface area contributed by atoms with Crippen molar-refractivity contribution < 1.29 is 0 Å². The second-order valence-electron chi connectivity index (χ2n) is 7.76. The molecule has 3 rings (SSSR count). The van der Waals surface area contributed by atoms with Gasteiger partial charge >= 0.3 is 0 Å². The highest BCUT2D eigenvalue weighted by Gasteiger charge is 2.44. The van der Waals surface area contributed by atoms with E-state index in [2.05, 4.69) is 6.92 Å². The molecule has 1 saturated carbocycles. The van der Waals surface area contributed by atoms with Gasteiger partial charge in [0, 0.05) is 15.6 Å². The maximum Gasteiger partial charge on any atom is 0.131 e. The SMILES string of the molecule is CCCCC(=NC(=N)C1(c2ccc(Cl)cc2C)CCC1)C(=N)c1ccccc1Cl. The van der Waals surface area contributed by atoms with Crippen molar-refractivity contribution in [3.63, 3.8) is 0 Å². The van der Waals surface area contributed by atoms with E-state index in [4.69, 9.17) is 39.0 Å². The van der Waals surface area contributed by atoms with Crippen LogP contribution in [-0.2, 0) is 5.41 Å². The summed E-state index contributed by atoms with van der Waals surface area (Å²) in [6.07, 6.45) is 5.47. The molecule has 0 aromatic heterocycles. The van der Waals surface area contributed by atoms with Crippen molar-refractivity contribution in [1.29, 1.82) is 10.8 Å². The van der Waals surface area contributed by atoms with Crippen LogP contribution in [0.2, 0.25) is 10.0 Å². The van der Waals surface area contributed by atoms with Gasteiger partial charge in [-0.2, -0.15) is 0 Å². The van der Waals surface area contributed by atoms with Crippen LogP contribution in [0.5, 0.6) is 0 Å². The Hall–Kier alpha value is -1.97. The van der Waals surface area contributed by atoms with Crippen LogP contribution in [0.4, 0.5) is 0 Å². The number of aliphatic imine (C=N–C) groups is 1. The molecular weight excluding hydrogens is 401 g/mol. The lowest BCUT2D eigenvalue weighted by Gasteiger charge is -2.42. The summed E-state index contributed by atoms with van der Waals surface area (Å²) >= 11 is 12.5. The van der Waals surface area contributed by atoms with Gasteiger partial charge in [0.25, 0.3) is 0 Å². The van der Waals surface area contributed by atoms with E-state index in [1.54, 1.807) is 6.07 Å². The van der Waals surface area contributed by atoms with E-state index in [-0.39, 0.29) is 5.41 Å². The molecular formula is C24H27Cl2N3. The highest BCUT2D eigenvalue weighted by atomic mass is 35.5. The third-order valence-corrected chi connectivity index (χ3v) is 6.37. The number of halogens is 2. The number of amidine groups is 1. The average molecular weight is 428 g/mol. The van der Waals surface area contributed by atoms with Crippen molar-refractivity contribution >= 4 is 40.5 Å². The van der Waals surface area contributed by atoms with Gasteiger partial charge in [0.1, 0.15) is 5.84 Å². The molecule has 0 unspecified atom stereocenters. The molecule has 1 aliphatic rings. The fraction of sp³-hybridized carbons (Fsp3) is 0.375. The number of benzene rings is 2. The van der Waals surface area contributed by atoms with Crippen molar-refractivity contribution in [2.45, 2.75) is 57.8 Å². The minimum absolute atomic E-state index is 0.316. The van der Waals surface area contributed by atoms with Crippen LogP contribution in [0.15, 0.2) is 47.5 Å². The van der Waals surface area contributed by atoms with Crippen LogP contribution in [0.25, 0.3) is 0 Å². The monoisotopic (exact) mass is 427 g/mol. The topological polar surface area (TPSA) is 60.1 Å². The number of nitrogens with one attached hydrogen (secondary N) is 2. The van der Waals surface area contributed by atoms with Gasteiger partial charge in [-0.15, -0.1) is 0 Å². The zero-order valence-electron chi connectivity index (χ0n) is 17.0. The lowest BCUT2D eigenvalue weighted by atomic mass is 9.62. The predicted molar refractivity (Wildman–Crippen MR) is 125 cm³/mol. The maximum absolute atomic E-state index is 8.91. The first-order valence-electron chi connectivity index (χ1n) is 10.2. The molecule has 5 heteroatoms. The number of hydrogen-bond donors (Lipinski definition) is 2. The van der Waals surface area contributed by atoms with Crippen LogP contribution in [0, 0.1) is 17.7 Å². The fourth-order valence-electron chi connectivity index (χ4n) is 3.97. The molecule has 1 fully saturated rings. The minimum atomic E-state index is -0.382. The molecule has 0 bridgehead atoms. The first-order chi connectivity index (χ1) is 13.9. The fourth-order valence-corrected chi connectivity index (χ4v) is 4.43. The molecule has 3 nitrogen and oxygen atoms in total. The molecule has 0 aliphatic heterocycles. The zero-order valence-corrected chi connectivity index (χ0v) is 18.5. The smallest absolute Gasteiger partial charge is 0.131 e. The Morgan fingerprint density at radius 3 is 2.41 bits per heavy atom. The summed E-state index contributed by atoms with van der Waals surface area (Å²) < 4.78 is 0. The molecule has 2 aromatic carbocycles. The Labute approximate surface area is 183 Å². The Morgan fingerprint density at radius 1 is 1.10 bits per heavy atom. The van der Waals surface area contributed by atoms with E-state index in [1.165, 1.54) is 0 Å². The van der Waals surface area contributed by atoms with Gasteiger partial charge in [0.05, 0.1) is 16.8 Å². The standard InChI is InChI=1S/C24H27Cl2N3/c1-3-4-10-21(22(27)18-8-5-6-9-20(18)26)29-23(28)24(13-7-14-24)19-12-11-17(25)15-16(19)2/h5-6,8-9,11-12,15,27-28H,3-4,7,10,13-14H2,1-2H3. The van der Waals surface area contributed by atoms with E-state index >= 15 is 0 Å². The quantitative estimate of drug-likeness (QED) is 0.341. The molecule has 0 radical (unpaired) electrons. The number of nitrogens with zero attached hydrogens (tertiary/aromatic N) is 1. The highest BCUT2D eigenvalue weighted by Crippen LogP contribution is 2.46. The van der Waals surface area contributed by atoms with E-state index in [0.717, 1.165) is 43.2 Å². The molecule has 0 saturated heterocycles. The van der Waals surface area contributed by atoms with Gasteiger partial charge in [0.15, 0.2) is 0 Å². The molecule has 0 amide bonds. The second-order valence-corrected chi connectivity index (χ2v) is 8.60. The maximum atomic E-state index is 8.91. The summed E-state index contributed by atoms with van der Waals surface area (Å²) in [4.78, 5) is 4.75. The van der Waals surface area contributed by atoms with Gasteiger partial charge in [-0.3, -0.25) is 10.8 Å². The first-order valence-corrected chi connectivity index (χ1v) is 10.9. The van der Waals surface area contributed by atoms with E-state index < -0.39 is 0 Å². The lowest BCUT2D eigenvalue weighted by Crippen LogP contribution is -2.42. The van der Waals surface area contributed by atoms with Crippen molar-refractivity contribution in [2.24, 2.45) is 4.99 Å². The van der Waals surface area contributed by atoms with Gasteiger partial charge < -0.3 is 0 Å². The normalized spacial score (nSPS) is 15.7. The summed E-state index contributed by atoms with van der Waals surface area (Å²) in [7, 11) is 0. The van der Waals surface area contributed by atoms with Crippen molar-refractivity contribution in [2.75, 3.05) is 0 Å². The van der Waals surface area contributed by atoms with Crippen molar-refractivity contribution in [3.05, 3.63) is 69.2 Å². The highest BCUT2D eigenvalue weighted by molar-refractivity contribution is 6.51. The Kier molecular flexibility index (Phi) is 6.92. The molecule has 1 aliphatic carbocycles. The number of aryl methyl sites for hydroxylation is 1. The molecule has 2 N–H and O–H groups in total. The largest absolute Gasteiger partial charge is 0.298 e. The van der Waals surface area contributed by atoms with Gasteiger partial charge in [-0.25, -0.2) is 4.99 Å². The van der Waals surface area contributed by atoms with Crippen LogP contribution in [-0.4, -0.2) is 17.3 Å². The lowest BCUT2D eigenvalue weighted by molar-refractivity contribution is 0.335. The first kappa shape index (κ1) is 21.7. The Bertz CT molecular complexity index is 958. The summed E-state index contributed by atoms with van der Waals surface area (Å²) in [5.74, 6) is 0.345. The van der Waals surface area contributed by atoms with Crippen LogP contribution in [0.1, 0.15) is 62.1 Å². The van der Waals surface area contributed by atoms with Crippen LogP contribution >= 0.6 is 23.2 Å². The molecule has 2 aromatic rings. The number of rotatable bonds is 7. The Morgan fingerprint density at radius 2 is 1.83 bits per heavy atom. The summed E-state index contributed by atoms with van der Waals surface area (Å²) in [5.41, 5.74) is 3.46. The molecule has 29 heavy (non-hydrogen) atoms. The van der Waals surface area contributed by atoms with Crippen molar-refractivity contribution in [3.8, 4) is 0 Å². The van der Waals surface area contributed by atoms with Crippen LogP contribution < -0.4 is 0 Å². The van der Waals surface area contributed by atoms with E-state index in [9.17, 15) is 0 Å². The summed E-state index contributed by atoms with van der Waals surface area (Å²) in [5, 5.41) is 18.9. The molecule has 0 heterocycles. The minimum Gasteiger partial charge on any atom is -0.298 e. The summed E-state index contributed by atoms with van der Waals surface area (Å²) in [6.45, 7) is 4.16. The van der Waals surface area contributed by atoms with Gasteiger partial charge in [-0.05, 0) is 61.9 Å². The number of unbranched alkanes of at least 4 members (excludes halogenated alkanes) is 1. The molecule has 0 spiro atoms. The van der Waals surface area contributed by atoms with Crippen molar-refractivity contribution in [1.82, 2.24) is 0 Å². The Balaban J connectivity index is 1.99. The average Bonchev–Trinajstić information content (AvgIpc) is 2.65. The van der Waals surface area contributed by atoms with Gasteiger partial charge in [-0.1, -0.05) is 67.2 Å². The summed E-state index contributed by atoms with van der Waals surface area (Å²) in [6, 6.07) is 13.3. The number of hydrogen-bond acceptors (Lipinski definition) is 2. The predicted octanol–water partition coefficient (Wildman–Crippen LogP) is 7.40. The zero-order chi connectivity index (χ0) is 21.0. The third-order valence-electron chi connectivity index (χ3n) is 5.81.